The Hall–Kier alpha value is -3.33. The molecule has 1 heterocycles. The van der Waals surface area contributed by atoms with Crippen molar-refractivity contribution in [1.82, 2.24) is 0 Å². The van der Waals surface area contributed by atoms with Gasteiger partial charge in [-0.1, -0.05) is 28.1 Å². The van der Waals surface area contributed by atoms with E-state index in [1.807, 2.05) is 0 Å². The van der Waals surface area contributed by atoms with Crippen LogP contribution in [0.15, 0.2) is 63.7 Å². The molecule has 0 bridgehead atoms. The van der Waals surface area contributed by atoms with E-state index in [-0.39, 0.29) is 29.7 Å². The molecule has 2 aromatic rings. The summed E-state index contributed by atoms with van der Waals surface area (Å²) in [4.78, 5) is 25.6. The van der Waals surface area contributed by atoms with E-state index in [1.165, 1.54) is 26.4 Å². The minimum atomic E-state index is -0.793. The summed E-state index contributed by atoms with van der Waals surface area (Å²) >= 11 is 3.56. The monoisotopic (exact) mass is 531 g/mol. The first-order chi connectivity index (χ1) is 16.3. The van der Waals surface area contributed by atoms with Gasteiger partial charge in [-0.05, 0) is 41.8 Å². The molecule has 0 spiro atoms. The second-order valence-corrected chi connectivity index (χ2v) is 8.71. The van der Waals surface area contributed by atoms with Gasteiger partial charge in [0, 0.05) is 22.9 Å². The Morgan fingerprint density at radius 2 is 1.91 bits per heavy atom. The van der Waals surface area contributed by atoms with Crippen LogP contribution in [0.3, 0.4) is 0 Å². The van der Waals surface area contributed by atoms with Gasteiger partial charge in [-0.15, -0.1) is 0 Å². The van der Waals surface area contributed by atoms with Crippen molar-refractivity contribution in [1.29, 1.82) is 0 Å². The number of ketones is 1. The van der Waals surface area contributed by atoms with Gasteiger partial charge in [0.25, 0.3) is 0 Å². The third-order valence-electron chi connectivity index (χ3n) is 5.79. The molecule has 0 saturated carbocycles. The molecule has 0 unspecified atom stereocenters. The zero-order valence-electron chi connectivity index (χ0n) is 18.7. The van der Waals surface area contributed by atoms with Crippen molar-refractivity contribution in [3.8, 4) is 11.5 Å². The van der Waals surface area contributed by atoms with Gasteiger partial charge in [0.2, 0.25) is 5.88 Å². The maximum absolute atomic E-state index is 13.2. The minimum Gasteiger partial charge on any atom is -0.493 e. The highest BCUT2D eigenvalue weighted by molar-refractivity contribution is 9.10. The van der Waals surface area contributed by atoms with Crippen LogP contribution in [0.5, 0.6) is 11.5 Å². The fourth-order valence-corrected chi connectivity index (χ4v) is 4.71. The highest BCUT2D eigenvalue weighted by Gasteiger charge is 2.42. The normalized spacial score (nSPS) is 17.8. The Labute approximate surface area is 204 Å². The Balaban J connectivity index is 1.76. The quantitative estimate of drug-likeness (QED) is 0.542. The molecule has 34 heavy (non-hydrogen) atoms. The molecule has 1 aliphatic carbocycles. The number of carbonyl (C=O) groups excluding carboxylic acids is 2. The van der Waals surface area contributed by atoms with Crippen molar-refractivity contribution in [3.05, 3.63) is 80.6 Å². The lowest BCUT2D eigenvalue weighted by Gasteiger charge is -2.33. The summed E-state index contributed by atoms with van der Waals surface area (Å²) in [5.41, 5.74) is 7.93. The van der Waals surface area contributed by atoms with Crippen LogP contribution in [-0.4, -0.2) is 26.0 Å². The number of nitrogens with two attached hydrogens (primary N) is 1. The average Bonchev–Trinajstić information content (AvgIpc) is 2.82. The van der Waals surface area contributed by atoms with Crippen molar-refractivity contribution >= 4 is 27.7 Å². The number of rotatable bonds is 6. The van der Waals surface area contributed by atoms with E-state index in [9.17, 15) is 14.0 Å². The number of carbonyl (C=O) groups is 2. The molecule has 178 valence electrons. The van der Waals surface area contributed by atoms with Crippen molar-refractivity contribution in [2.75, 3.05) is 14.2 Å². The summed E-state index contributed by atoms with van der Waals surface area (Å²) < 4.78 is 35.9. The minimum absolute atomic E-state index is 0.0548. The average molecular weight is 532 g/mol. The maximum Gasteiger partial charge on any atom is 0.340 e. The van der Waals surface area contributed by atoms with Crippen LogP contribution >= 0.6 is 15.9 Å². The third-order valence-corrected chi connectivity index (χ3v) is 6.48. The molecule has 9 heteroatoms. The largest absolute Gasteiger partial charge is 0.493 e. The number of hydrogen-bond donors (Lipinski definition) is 1. The lowest BCUT2D eigenvalue weighted by Crippen LogP contribution is -2.31. The summed E-state index contributed by atoms with van der Waals surface area (Å²) in [6.07, 6.45) is 1.53. The zero-order chi connectivity index (χ0) is 24.4. The number of esters is 1. The van der Waals surface area contributed by atoms with Gasteiger partial charge in [-0.2, -0.15) is 0 Å². The first kappa shape index (κ1) is 23.8. The molecule has 0 saturated heterocycles. The molecule has 4 rings (SSSR count). The summed E-state index contributed by atoms with van der Waals surface area (Å²) in [7, 11) is 2.73. The number of methoxy groups -OCH3 is 2. The highest BCUT2D eigenvalue weighted by atomic mass is 79.9. The van der Waals surface area contributed by atoms with Crippen molar-refractivity contribution < 1.29 is 32.9 Å². The lowest BCUT2D eigenvalue weighted by atomic mass is 9.77. The first-order valence-corrected chi connectivity index (χ1v) is 11.4. The predicted molar refractivity (Wildman–Crippen MR) is 124 cm³/mol. The van der Waals surface area contributed by atoms with Crippen LogP contribution in [0, 0.1) is 5.82 Å². The fourth-order valence-electron chi connectivity index (χ4n) is 4.16. The summed E-state index contributed by atoms with van der Waals surface area (Å²) in [5.74, 6) is -0.725. The van der Waals surface area contributed by atoms with Gasteiger partial charge in [0.1, 0.15) is 23.8 Å². The van der Waals surface area contributed by atoms with Crippen LogP contribution in [0.2, 0.25) is 0 Å². The van der Waals surface area contributed by atoms with Crippen LogP contribution in [-0.2, 0) is 25.7 Å². The van der Waals surface area contributed by atoms with Gasteiger partial charge >= 0.3 is 5.97 Å². The Kier molecular flexibility index (Phi) is 6.92. The first-order valence-electron chi connectivity index (χ1n) is 10.6. The smallest absolute Gasteiger partial charge is 0.340 e. The van der Waals surface area contributed by atoms with E-state index in [2.05, 4.69) is 15.9 Å². The van der Waals surface area contributed by atoms with E-state index >= 15 is 0 Å². The molecule has 1 aliphatic heterocycles. The molecule has 2 aromatic carbocycles. The van der Waals surface area contributed by atoms with Crippen molar-refractivity contribution in [3.63, 3.8) is 0 Å². The van der Waals surface area contributed by atoms with E-state index in [1.54, 1.807) is 24.3 Å². The lowest BCUT2D eigenvalue weighted by molar-refractivity contribution is -0.136. The SMILES string of the molecule is COC(=O)C1=C(N)OC2=C(C(=O)CCC2)[C@H]1c1cc(OC)c(OCc2ccc(F)cc2)cc1Br. The summed E-state index contributed by atoms with van der Waals surface area (Å²) in [6, 6.07) is 9.38. The van der Waals surface area contributed by atoms with Crippen LogP contribution in [0.4, 0.5) is 4.39 Å². The van der Waals surface area contributed by atoms with E-state index in [4.69, 9.17) is 24.7 Å². The number of Topliss-reactive ketones (excluding diaryl/α,β-unsaturated/α-hetero) is 1. The van der Waals surface area contributed by atoms with E-state index in [0.717, 1.165) is 5.56 Å². The van der Waals surface area contributed by atoms with Crippen LogP contribution in [0.25, 0.3) is 0 Å². The van der Waals surface area contributed by atoms with Crippen LogP contribution < -0.4 is 15.2 Å². The Morgan fingerprint density at radius 3 is 2.59 bits per heavy atom. The van der Waals surface area contributed by atoms with Gasteiger partial charge < -0.3 is 24.7 Å². The molecular formula is C25H23BrFNO6. The molecule has 2 N–H and O–H groups in total. The molecule has 1 atom stereocenters. The second-order valence-electron chi connectivity index (χ2n) is 7.86. The molecule has 0 aromatic heterocycles. The number of allylic oxidation sites excluding steroid dienone is 2. The number of benzene rings is 2. The molecule has 0 radical (unpaired) electrons. The van der Waals surface area contributed by atoms with Crippen molar-refractivity contribution in [2.45, 2.75) is 31.8 Å². The number of halogens is 2. The Bertz CT molecular complexity index is 1200. The topological polar surface area (TPSA) is 97.1 Å². The molecular weight excluding hydrogens is 509 g/mol. The third kappa shape index (κ3) is 4.52. The maximum atomic E-state index is 13.2. The summed E-state index contributed by atoms with van der Waals surface area (Å²) in [6.45, 7) is 0.188. The standard InChI is InChI=1S/C25H23BrFNO6/c1-31-19-10-15(16(26)11-20(19)33-12-13-6-8-14(27)9-7-13)21-22-17(29)4-3-5-18(22)34-24(28)23(21)25(30)32-2/h6-11,21H,3-5,12,28H2,1-2H3/t21-/m1/s1. The van der Waals surface area contributed by atoms with Gasteiger partial charge in [-0.3, -0.25) is 4.79 Å². The molecule has 0 fully saturated rings. The van der Waals surface area contributed by atoms with Gasteiger partial charge in [0.15, 0.2) is 17.3 Å². The number of hydrogen-bond acceptors (Lipinski definition) is 7. The van der Waals surface area contributed by atoms with E-state index in [0.29, 0.717) is 52.1 Å². The second kappa shape index (κ2) is 9.89. The van der Waals surface area contributed by atoms with Gasteiger partial charge in [-0.25, -0.2) is 9.18 Å². The number of ether oxygens (including phenoxy) is 4. The highest BCUT2D eigenvalue weighted by Crippen LogP contribution is 2.48. The molecule has 2 aliphatic rings. The molecule has 7 nitrogen and oxygen atoms in total. The molecule has 0 amide bonds. The zero-order valence-corrected chi connectivity index (χ0v) is 20.2. The van der Waals surface area contributed by atoms with Crippen LogP contribution in [0.1, 0.15) is 36.3 Å². The Morgan fingerprint density at radius 1 is 1.18 bits per heavy atom. The van der Waals surface area contributed by atoms with Crippen molar-refractivity contribution in [2.24, 2.45) is 5.73 Å². The van der Waals surface area contributed by atoms with E-state index < -0.39 is 11.9 Å². The fraction of sp³-hybridized carbons (Fsp3) is 0.280. The predicted octanol–water partition coefficient (Wildman–Crippen LogP) is 4.64. The van der Waals surface area contributed by atoms with Gasteiger partial charge in [0.05, 0.1) is 20.1 Å². The summed E-state index contributed by atoms with van der Waals surface area (Å²) in [5, 5.41) is 0.